The largest absolute Gasteiger partial charge is 0.481 e. The molecule has 0 aliphatic carbocycles. The number of halogens is 3. The van der Waals surface area contributed by atoms with E-state index in [-0.39, 0.29) is 31.0 Å². The van der Waals surface area contributed by atoms with E-state index in [1.165, 1.54) is 4.90 Å². The summed E-state index contributed by atoms with van der Waals surface area (Å²) in [5.41, 5.74) is 0.728. The maximum Gasteiger partial charge on any atom is 0.308 e. The minimum atomic E-state index is -1.00. The number of aliphatic carboxylic acids is 1. The number of carboxylic acids is 1. The van der Waals surface area contributed by atoms with Gasteiger partial charge >= 0.3 is 5.97 Å². The van der Waals surface area contributed by atoms with Crippen molar-refractivity contribution in [2.45, 2.75) is 12.3 Å². The van der Waals surface area contributed by atoms with Crippen LogP contribution in [0.5, 0.6) is 0 Å². The normalized spacial score (nSPS) is 19.6. The molecule has 2 aromatic rings. The second-order valence-corrected chi connectivity index (χ2v) is 6.75. The number of nitrogens with zero attached hydrogens (tertiary/aromatic N) is 1. The predicted octanol–water partition coefficient (Wildman–Crippen LogP) is 3.49. The fraction of sp³-hybridized carbons (Fsp3) is 0.263. The highest BCUT2D eigenvalue weighted by Gasteiger charge is 2.40. The Morgan fingerprint density at radius 3 is 2.46 bits per heavy atom. The Bertz CT molecular complexity index is 841. The Balaban J connectivity index is 1.78. The highest BCUT2D eigenvalue weighted by Crippen LogP contribution is 2.34. The lowest BCUT2D eigenvalue weighted by molar-refractivity contribution is -0.141. The number of rotatable bonds is 4. The summed E-state index contributed by atoms with van der Waals surface area (Å²) < 4.78 is 27.0. The van der Waals surface area contributed by atoms with Crippen molar-refractivity contribution in [3.8, 4) is 0 Å². The lowest BCUT2D eigenvalue weighted by Crippen LogP contribution is -2.31. The molecular formula is C19H16ClF2NO3. The van der Waals surface area contributed by atoms with E-state index < -0.39 is 29.4 Å². The zero-order chi connectivity index (χ0) is 18.8. The van der Waals surface area contributed by atoms with E-state index in [1.807, 2.05) is 0 Å². The van der Waals surface area contributed by atoms with Crippen molar-refractivity contribution in [1.29, 1.82) is 0 Å². The third kappa shape index (κ3) is 3.85. The summed E-state index contributed by atoms with van der Waals surface area (Å²) in [5.74, 6) is -3.88. The van der Waals surface area contributed by atoms with Crippen LogP contribution in [-0.2, 0) is 16.0 Å². The second kappa shape index (κ2) is 7.41. The van der Waals surface area contributed by atoms with Crippen LogP contribution in [0, 0.1) is 17.6 Å². The van der Waals surface area contributed by atoms with E-state index in [9.17, 15) is 23.5 Å². The van der Waals surface area contributed by atoms with Crippen molar-refractivity contribution in [3.63, 3.8) is 0 Å². The molecule has 1 fully saturated rings. The molecule has 1 N–H and O–H groups in total. The van der Waals surface area contributed by atoms with Gasteiger partial charge in [0.05, 0.1) is 12.3 Å². The summed E-state index contributed by atoms with van der Waals surface area (Å²) in [6.07, 6.45) is -0.316. The molecule has 1 saturated heterocycles. The Morgan fingerprint density at radius 2 is 1.81 bits per heavy atom. The number of benzene rings is 2. The Morgan fingerprint density at radius 1 is 1.12 bits per heavy atom. The van der Waals surface area contributed by atoms with Crippen LogP contribution in [0.1, 0.15) is 17.0 Å². The molecule has 0 unspecified atom stereocenters. The average molecular weight is 380 g/mol. The highest BCUT2D eigenvalue weighted by atomic mass is 35.5. The summed E-state index contributed by atoms with van der Waals surface area (Å²) in [6, 6.07) is 9.75. The predicted molar refractivity (Wildman–Crippen MR) is 92.0 cm³/mol. The number of hydrogen-bond donors (Lipinski definition) is 1. The topological polar surface area (TPSA) is 57.6 Å². The number of likely N-dealkylation sites (tertiary alicyclic amines) is 1. The van der Waals surface area contributed by atoms with E-state index in [1.54, 1.807) is 24.3 Å². The molecular weight excluding hydrogens is 364 g/mol. The van der Waals surface area contributed by atoms with Gasteiger partial charge in [-0.3, -0.25) is 9.59 Å². The van der Waals surface area contributed by atoms with Gasteiger partial charge in [-0.05, 0) is 35.9 Å². The molecule has 1 aliphatic rings. The maximum atomic E-state index is 13.8. The molecule has 4 nitrogen and oxygen atoms in total. The van der Waals surface area contributed by atoms with Gasteiger partial charge in [0.15, 0.2) is 0 Å². The zero-order valence-electron chi connectivity index (χ0n) is 13.7. The summed E-state index contributed by atoms with van der Waals surface area (Å²) in [7, 11) is 0. The fourth-order valence-electron chi connectivity index (χ4n) is 3.26. The first-order valence-electron chi connectivity index (χ1n) is 8.05. The highest BCUT2D eigenvalue weighted by molar-refractivity contribution is 6.30. The number of carboxylic acid groups (broad SMARTS) is 1. The molecule has 7 heteroatoms. The maximum absolute atomic E-state index is 13.8. The van der Waals surface area contributed by atoms with Crippen molar-refractivity contribution >= 4 is 23.5 Å². The molecule has 1 amide bonds. The third-order valence-corrected chi connectivity index (χ3v) is 4.89. The number of carbonyl (C=O) groups is 2. The summed E-state index contributed by atoms with van der Waals surface area (Å²) in [4.78, 5) is 25.5. The van der Waals surface area contributed by atoms with Crippen molar-refractivity contribution < 1.29 is 23.5 Å². The smallest absolute Gasteiger partial charge is 0.308 e. The number of hydrogen-bond acceptors (Lipinski definition) is 2. The van der Waals surface area contributed by atoms with E-state index in [2.05, 4.69) is 0 Å². The van der Waals surface area contributed by atoms with Crippen LogP contribution in [0.2, 0.25) is 5.02 Å². The Kier molecular flexibility index (Phi) is 5.23. The van der Waals surface area contributed by atoms with Gasteiger partial charge < -0.3 is 10.0 Å². The van der Waals surface area contributed by atoms with Crippen molar-refractivity contribution in [2.75, 3.05) is 13.1 Å². The third-order valence-electron chi connectivity index (χ3n) is 4.64. The van der Waals surface area contributed by atoms with Crippen LogP contribution in [0.4, 0.5) is 8.78 Å². The molecule has 1 heterocycles. The van der Waals surface area contributed by atoms with Gasteiger partial charge in [-0.1, -0.05) is 23.7 Å². The molecule has 1 aliphatic heterocycles. The van der Waals surface area contributed by atoms with Gasteiger partial charge in [-0.2, -0.15) is 0 Å². The first-order valence-corrected chi connectivity index (χ1v) is 8.43. The van der Waals surface area contributed by atoms with E-state index >= 15 is 0 Å². The molecule has 0 spiro atoms. The van der Waals surface area contributed by atoms with Gasteiger partial charge in [-0.25, -0.2) is 8.78 Å². The van der Waals surface area contributed by atoms with Gasteiger partial charge in [0.25, 0.3) is 0 Å². The minimum absolute atomic E-state index is 0.0262. The average Bonchev–Trinajstić information content (AvgIpc) is 3.04. The van der Waals surface area contributed by atoms with E-state index in [4.69, 9.17) is 11.6 Å². The summed E-state index contributed by atoms with van der Waals surface area (Å²) in [6.45, 7) is 0.229. The van der Waals surface area contributed by atoms with E-state index in [0.29, 0.717) is 5.02 Å². The van der Waals surface area contributed by atoms with Crippen LogP contribution >= 0.6 is 11.6 Å². The first kappa shape index (κ1) is 18.3. The van der Waals surface area contributed by atoms with Crippen LogP contribution in [0.15, 0.2) is 42.5 Å². The number of amides is 1. The first-order chi connectivity index (χ1) is 12.3. The van der Waals surface area contributed by atoms with Gasteiger partial charge in [-0.15, -0.1) is 0 Å². The number of carbonyl (C=O) groups excluding carboxylic acids is 1. The van der Waals surface area contributed by atoms with Crippen LogP contribution in [0.3, 0.4) is 0 Å². The quantitative estimate of drug-likeness (QED) is 0.884. The molecule has 0 aromatic heterocycles. The van der Waals surface area contributed by atoms with Crippen LogP contribution in [-0.4, -0.2) is 35.0 Å². The summed E-state index contributed by atoms with van der Waals surface area (Å²) in [5, 5.41) is 10.0. The van der Waals surface area contributed by atoms with E-state index in [0.717, 1.165) is 23.8 Å². The summed E-state index contributed by atoms with van der Waals surface area (Å²) >= 11 is 5.87. The van der Waals surface area contributed by atoms with Crippen molar-refractivity contribution in [2.24, 2.45) is 5.92 Å². The lowest BCUT2D eigenvalue weighted by Gasteiger charge is -2.17. The van der Waals surface area contributed by atoms with Crippen LogP contribution < -0.4 is 0 Å². The Hall–Kier alpha value is -2.47. The minimum Gasteiger partial charge on any atom is -0.481 e. The van der Waals surface area contributed by atoms with Crippen LogP contribution in [0.25, 0.3) is 0 Å². The lowest BCUT2D eigenvalue weighted by atomic mass is 9.89. The Labute approximate surface area is 154 Å². The molecule has 3 rings (SSSR count). The van der Waals surface area contributed by atoms with Gasteiger partial charge in [0.2, 0.25) is 5.91 Å². The SMILES string of the molecule is O=C(O)[C@@H]1CN(C(=O)Cc2cc(F)ccc2F)C[C@H]1c1ccc(Cl)cc1. The molecule has 0 bridgehead atoms. The van der Waals surface area contributed by atoms with Gasteiger partial charge in [0.1, 0.15) is 11.6 Å². The molecule has 0 radical (unpaired) electrons. The zero-order valence-corrected chi connectivity index (χ0v) is 14.4. The molecule has 2 aromatic carbocycles. The second-order valence-electron chi connectivity index (χ2n) is 6.31. The fourth-order valence-corrected chi connectivity index (χ4v) is 3.38. The molecule has 2 atom stereocenters. The molecule has 136 valence electrons. The van der Waals surface area contributed by atoms with Crippen molar-refractivity contribution in [1.82, 2.24) is 4.90 Å². The monoisotopic (exact) mass is 379 g/mol. The molecule has 26 heavy (non-hydrogen) atoms. The molecule has 0 saturated carbocycles. The standard InChI is InChI=1S/C19H16ClF2NO3/c20-13-3-1-11(2-4-13)15-9-23(10-16(15)19(25)26)18(24)8-12-7-14(21)5-6-17(12)22/h1-7,15-16H,8-10H2,(H,25,26)/t15-,16+/m0/s1. The van der Waals surface area contributed by atoms with Gasteiger partial charge in [0, 0.05) is 29.6 Å². The van der Waals surface area contributed by atoms with Crippen molar-refractivity contribution in [3.05, 3.63) is 70.2 Å².